The molecule has 0 radical (unpaired) electrons. The van der Waals surface area contributed by atoms with Crippen LogP contribution in [0.25, 0.3) is 0 Å². The van der Waals surface area contributed by atoms with E-state index in [-0.39, 0.29) is 4.90 Å². The Balaban J connectivity index is 3.32. The third kappa shape index (κ3) is 1.72. The second-order valence-corrected chi connectivity index (χ2v) is 4.20. The summed E-state index contributed by atoms with van der Waals surface area (Å²) in [6.07, 6.45) is 0. The molecule has 0 aliphatic carbocycles. The molecule has 0 aliphatic rings. The average molecular weight is 210 g/mol. The van der Waals surface area contributed by atoms with E-state index in [4.69, 9.17) is 10.5 Å². The molecule has 1 rings (SSSR count). The van der Waals surface area contributed by atoms with Crippen molar-refractivity contribution in [2.45, 2.75) is 4.90 Å². The zero-order valence-electron chi connectivity index (χ0n) is 6.95. The van der Waals surface area contributed by atoms with Gasteiger partial charge in [-0.2, -0.15) is 5.26 Å². The molecule has 0 saturated carbocycles. The molecular formula is C8H6N2O3S. The van der Waals surface area contributed by atoms with Crippen molar-refractivity contribution in [3.05, 3.63) is 30.3 Å². The van der Waals surface area contributed by atoms with E-state index in [1.165, 1.54) is 30.3 Å². The summed E-state index contributed by atoms with van der Waals surface area (Å²) < 4.78 is 23.0. The van der Waals surface area contributed by atoms with Gasteiger partial charge in [0.25, 0.3) is 5.04 Å². The average Bonchev–Trinajstić information content (AvgIpc) is 2.20. The lowest BCUT2D eigenvalue weighted by molar-refractivity contribution is 0.321. The molecule has 14 heavy (non-hydrogen) atoms. The van der Waals surface area contributed by atoms with Crippen molar-refractivity contribution in [3.8, 4) is 6.07 Å². The molecule has 0 amide bonds. The van der Waals surface area contributed by atoms with Crippen molar-refractivity contribution in [1.82, 2.24) is 0 Å². The predicted molar refractivity (Wildman–Crippen MR) is 48.5 cm³/mol. The van der Waals surface area contributed by atoms with Gasteiger partial charge in [0.1, 0.15) is 6.07 Å². The number of benzene rings is 1. The summed E-state index contributed by atoms with van der Waals surface area (Å²) in [4.78, 5) is -0.0747. The van der Waals surface area contributed by atoms with Crippen molar-refractivity contribution in [3.63, 3.8) is 0 Å². The summed E-state index contributed by atoms with van der Waals surface area (Å²) in [5.74, 6) is 0. The van der Waals surface area contributed by atoms with Gasteiger partial charge in [0, 0.05) is 0 Å². The molecule has 0 bridgehead atoms. The molecule has 0 unspecified atom stereocenters. The molecule has 1 aromatic carbocycles. The van der Waals surface area contributed by atoms with Crippen molar-refractivity contribution in [1.29, 1.82) is 5.26 Å². The number of nitrogens with zero attached hydrogens (tertiary/aromatic N) is 2. The van der Waals surface area contributed by atoms with Crippen LogP contribution in [0.4, 0.5) is 0 Å². The Morgan fingerprint density at radius 3 is 2.36 bits per heavy atom. The highest BCUT2D eigenvalue weighted by molar-refractivity contribution is 8.07. The molecule has 0 fully saturated rings. The van der Waals surface area contributed by atoms with Crippen molar-refractivity contribution >= 4 is 14.9 Å². The number of sulfone groups is 1. The van der Waals surface area contributed by atoms with Crippen LogP contribution < -0.4 is 0 Å². The lowest BCUT2D eigenvalue weighted by Gasteiger charge is -1.98. The Morgan fingerprint density at radius 1 is 1.36 bits per heavy atom. The molecule has 0 atom stereocenters. The molecule has 5 nitrogen and oxygen atoms in total. The molecule has 0 aromatic heterocycles. The molecule has 1 N–H and O–H groups in total. The lowest BCUT2D eigenvalue weighted by Crippen LogP contribution is -2.12. The van der Waals surface area contributed by atoms with Crippen LogP contribution >= 0.6 is 0 Å². The summed E-state index contributed by atoms with van der Waals surface area (Å²) in [6.45, 7) is 0. The Kier molecular flexibility index (Phi) is 2.84. The van der Waals surface area contributed by atoms with E-state index in [9.17, 15) is 8.42 Å². The smallest absolute Gasteiger partial charge is 0.275 e. The van der Waals surface area contributed by atoms with Crippen molar-refractivity contribution < 1.29 is 13.6 Å². The Morgan fingerprint density at radius 2 is 1.93 bits per heavy atom. The van der Waals surface area contributed by atoms with E-state index in [1.807, 2.05) is 0 Å². The maximum Gasteiger partial charge on any atom is 0.275 e. The first kappa shape index (κ1) is 10.2. The maximum absolute atomic E-state index is 11.5. The van der Waals surface area contributed by atoms with E-state index in [0.29, 0.717) is 0 Å². The van der Waals surface area contributed by atoms with Crippen LogP contribution in [0.15, 0.2) is 40.4 Å². The number of hydrogen-bond donors (Lipinski definition) is 1. The van der Waals surface area contributed by atoms with E-state index >= 15 is 0 Å². The molecule has 72 valence electrons. The topological polar surface area (TPSA) is 90.5 Å². The van der Waals surface area contributed by atoms with Crippen LogP contribution in [0.5, 0.6) is 0 Å². The zero-order chi connectivity index (χ0) is 10.6. The van der Waals surface area contributed by atoms with Gasteiger partial charge < -0.3 is 5.21 Å². The van der Waals surface area contributed by atoms with Crippen LogP contribution in [0.2, 0.25) is 0 Å². The van der Waals surface area contributed by atoms with Crippen LogP contribution in [-0.2, 0) is 9.84 Å². The van der Waals surface area contributed by atoms with E-state index in [1.54, 1.807) is 6.07 Å². The first-order valence-electron chi connectivity index (χ1n) is 3.55. The minimum atomic E-state index is -3.96. The molecule has 1 aromatic rings. The fourth-order valence-electron chi connectivity index (χ4n) is 0.847. The van der Waals surface area contributed by atoms with Gasteiger partial charge in [-0.05, 0) is 12.1 Å². The second-order valence-electron chi connectivity index (χ2n) is 2.33. The summed E-state index contributed by atoms with van der Waals surface area (Å²) in [5, 5.41) is 18.2. The largest absolute Gasteiger partial charge is 0.409 e. The number of hydrogen-bond acceptors (Lipinski definition) is 5. The quantitative estimate of drug-likeness (QED) is 0.321. The van der Waals surface area contributed by atoms with Crippen LogP contribution in [0, 0.1) is 11.3 Å². The van der Waals surface area contributed by atoms with Crippen LogP contribution in [0.3, 0.4) is 0 Å². The Bertz CT molecular complexity index is 485. The van der Waals surface area contributed by atoms with Gasteiger partial charge in [-0.3, -0.25) is 0 Å². The first-order chi connectivity index (χ1) is 6.62. The number of nitriles is 1. The highest BCUT2D eigenvalue weighted by Gasteiger charge is 2.22. The molecule has 0 spiro atoms. The van der Waals surface area contributed by atoms with Crippen molar-refractivity contribution in [2.75, 3.05) is 0 Å². The van der Waals surface area contributed by atoms with Gasteiger partial charge in [0.15, 0.2) is 0 Å². The third-order valence-electron chi connectivity index (χ3n) is 1.49. The highest BCUT2D eigenvalue weighted by atomic mass is 32.2. The lowest BCUT2D eigenvalue weighted by atomic mass is 10.4. The Labute approximate surface area is 80.8 Å². The normalized spacial score (nSPS) is 12.1. The number of rotatable bonds is 1. The van der Waals surface area contributed by atoms with Gasteiger partial charge in [-0.1, -0.05) is 23.4 Å². The molecule has 0 aliphatic heterocycles. The monoisotopic (exact) mass is 210 g/mol. The molecule has 0 heterocycles. The van der Waals surface area contributed by atoms with Crippen LogP contribution in [0.1, 0.15) is 0 Å². The summed E-state index contributed by atoms with van der Waals surface area (Å²) in [7, 11) is -3.96. The molecule has 6 heteroatoms. The van der Waals surface area contributed by atoms with Crippen LogP contribution in [-0.4, -0.2) is 18.7 Å². The minimum absolute atomic E-state index is 0.0747. The summed E-state index contributed by atoms with van der Waals surface area (Å²) >= 11 is 0. The van der Waals surface area contributed by atoms with Gasteiger partial charge in [0.05, 0.1) is 4.90 Å². The van der Waals surface area contributed by atoms with E-state index < -0.39 is 14.9 Å². The summed E-state index contributed by atoms with van der Waals surface area (Å²) in [6, 6.07) is 8.60. The molecule has 0 saturated heterocycles. The standard InChI is InChI=1S/C8H6N2O3S/c9-6-8(10-11)14(12,13)7-4-2-1-3-5-7/h1-5,11H. The maximum atomic E-state index is 11.5. The fourth-order valence-corrected chi connectivity index (χ4v) is 1.81. The second kappa shape index (κ2) is 3.89. The van der Waals surface area contributed by atoms with Gasteiger partial charge in [-0.15, -0.1) is 0 Å². The highest BCUT2D eigenvalue weighted by Crippen LogP contribution is 2.11. The van der Waals surface area contributed by atoms with Gasteiger partial charge >= 0.3 is 0 Å². The van der Waals surface area contributed by atoms with E-state index in [0.717, 1.165) is 0 Å². The predicted octanol–water partition coefficient (Wildman–Crippen LogP) is 0.772. The zero-order valence-corrected chi connectivity index (χ0v) is 7.77. The number of oxime groups is 1. The minimum Gasteiger partial charge on any atom is -0.409 e. The Hall–Kier alpha value is -1.87. The molecular weight excluding hydrogens is 204 g/mol. The van der Waals surface area contributed by atoms with E-state index in [2.05, 4.69) is 5.16 Å². The van der Waals surface area contributed by atoms with Gasteiger partial charge in [-0.25, -0.2) is 8.42 Å². The SMILES string of the molecule is N#CC(=NO)S(=O)(=O)c1ccccc1. The fraction of sp³-hybridized carbons (Fsp3) is 0. The summed E-state index contributed by atoms with van der Waals surface area (Å²) in [5.41, 5.74) is 0. The third-order valence-corrected chi connectivity index (χ3v) is 3.07. The first-order valence-corrected chi connectivity index (χ1v) is 5.03. The van der Waals surface area contributed by atoms with Gasteiger partial charge in [0.2, 0.25) is 9.84 Å². The van der Waals surface area contributed by atoms with Crippen molar-refractivity contribution in [2.24, 2.45) is 5.16 Å².